The van der Waals surface area contributed by atoms with Gasteiger partial charge in [-0.05, 0) is 12.5 Å². The van der Waals surface area contributed by atoms with Crippen LogP contribution in [0.25, 0.3) is 11.0 Å². The number of aromatic amines is 1. The average molecular weight is 221 g/mol. The van der Waals surface area contributed by atoms with Gasteiger partial charge in [0.05, 0.1) is 5.69 Å². The molecule has 0 fully saturated rings. The Kier molecular flexibility index (Phi) is 2.24. The monoisotopic (exact) mass is 221 g/mol. The zero-order valence-electron chi connectivity index (χ0n) is 8.87. The van der Waals surface area contributed by atoms with Crippen LogP contribution in [-0.2, 0) is 7.05 Å². The molecule has 0 aliphatic heterocycles. The molecule has 0 unspecified atom stereocenters. The second-order valence-corrected chi connectivity index (χ2v) is 3.48. The first kappa shape index (κ1) is 10.4. The first-order valence-corrected chi connectivity index (χ1v) is 4.61. The quantitative estimate of drug-likeness (QED) is 0.432. The summed E-state index contributed by atoms with van der Waals surface area (Å²) < 4.78 is 1.26. The van der Waals surface area contributed by atoms with Gasteiger partial charge in [0.15, 0.2) is 5.65 Å². The number of nitrogens with zero attached hydrogens (tertiary/aromatic N) is 2. The number of H-pyrrole nitrogens is 1. The topological polar surface area (TPSA) is 106 Å². The molecule has 0 aliphatic carbocycles. The lowest BCUT2D eigenvalue weighted by atomic mass is 10.2. The fourth-order valence-corrected chi connectivity index (χ4v) is 1.59. The van der Waals surface area contributed by atoms with Crippen molar-refractivity contribution in [2.75, 3.05) is 5.43 Å². The highest BCUT2D eigenvalue weighted by atomic mass is 16.2. The van der Waals surface area contributed by atoms with E-state index in [1.165, 1.54) is 11.6 Å². The summed E-state index contributed by atoms with van der Waals surface area (Å²) in [6.07, 6.45) is 1.55. The van der Waals surface area contributed by atoms with Crippen LogP contribution in [0.3, 0.4) is 0 Å². The third-order valence-corrected chi connectivity index (χ3v) is 2.46. The van der Waals surface area contributed by atoms with Crippen molar-refractivity contribution in [1.82, 2.24) is 14.5 Å². The van der Waals surface area contributed by atoms with Crippen molar-refractivity contribution in [2.24, 2.45) is 12.9 Å². The van der Waals surface area contributed by atoms with Crippen LogP contribution in [0, 0.1) is 6.92 Å². The molecule has 0 atom stereocenters. The number of nitrogens with two attached hydrogens (primary N) is 1. The smallest absolute Gasteiger partial charge is 0.323 e. The normalized spacial score (nSPS) is 10.7. The Morgan fingerprint density at radius 3 is 2.81 bits per heavy atom. The molecule has 0 aliphatic rings. The summed E-state index contributed by atoms with van der Waals surface area (Å²) in [4.78, 5) is 29.3. The Balaban J connectivity index is 3.12. The summed E-state index contributed by atoms with van der Waals surface area (Å²) in [5.74, 6) is 5.36. The van der Waals surface area contributed by atoms with Crippen molar-refractivity contribution in [3.05, 3.63) is 32.6 Å². The van der Waals surface area contributed by atoms with Gasteiger partial charge in [-0.1, -0.05) is 0 Å². The van der Waals surface area contributed by atoms with E-state index < -0.39 is 11.2 Å². The van der Waals surface area contributed by atoms with Crippen LogP contribution in [0.15, 0.2) is 15.8 Å². The molecular weight excluding hydrogens is 210 g/mol. The molecule has 0 saturated carbocycles. The second-order valence-electron chi connectivity index (χ2n) is 3.48. The minimum Gasteiger partial charge on any atom is -0.323 e. The van der Waals surface area contributed by atoms with E-state index in [9.17, 15) is 9.59 Å². The van der Waals surface area contributed by atoms with E-state index in [0.717, 1.165) is 5.56 Å². The van der Waals surface area contributed by atoms with Gasteiger partial charge in [-0.3, -0.25) is 20.2 Å². The molecule has 16 heavy (non-hydrogen) atoms. The maximum Gasteiger partial charge on any atom is 0.329 e. The van der Waals surface area contributed by atoms with E-state index in [1.807, 2.05) is 0 Å². The number of aromatic nitrogens is 3. The summed E-state index contributed by atoms with van der Waals surface area (Å²) >= 11 is 0. The molecule has 4 N–H and O–H groups in total. The van der Waals surface area contributed by atoms with Crippen molar-refractivity contribution < 1.29 is 0 Å². The lowest BCUT2D eigenvalue weighted by molar-refractivity contribution is 0.828. The average Bonchev–Trinajstić information content (AvgIpc) is 2.25. The summed E-state index contributed by atoms with van der Waals surface area (Å²) in [5.41, 5.74) is 2.96. The van der Waals surface area contributed by atoms with Gasteiger partial charge in [0.2, 0.25) is 0 Å². The van der Waals surface area contributed by atoms with Gasteiger partial charge in [0, 0.05) is 13.2 Å². The molecule has 0 radical (unpaired) electrons. The molecule has 0 aromatic carbocycles. The van der Waals surface area contributed by atoms with E-state index in [1.54, 1.807) is 13.1 Å². The van der Waals surface area contributed by atoms with Crippen molar-refractivity contribution in [3.8, 4) is 0 Å². The Labute approximate surface area is 89.9 Å². The highest BCUT2D eigenvalue weighted by Gasteiger charge is 2.11. The van der Waals surface area contributed by atoms with Gasteiger partial charge in [-0.2, -0.15) is 0 Å². The predicted octanol–water partition coefficient (Wildman–Crippen LogP) is -0.784. The van der Waals surface area contributed by atoms with Gasteiger partial charge < -0.3 is 5.43 Å². The molecule has 2 aromatic heterocycles. The van der Waals surface area contributed by atoms with Crippen LogP contribution in [0.5, 0.6) is 0 Å². The minimum absolute atomic E-state index is 0.282. The zero-order valence-corrected chi connectivity index (χ0v) is 8.87. The van der Waals surface area contributed by atoms with E-state index in [2.05, 4.69) is 15.4 Å². The van der Waals surface area contributed by atoms with E-state index in [0.29, 0.717) is 11.3 Å². The Bertz CT molecular complexity index is 670. The molecule has 2 rings (SSSR count). The Morgan fingerprint density at radius 2 is 2.19 bits per heavy atom. The highest BCUT2D eigenvalue weighted by Crippen LogP contribution is 2.19. The van der Waals surface area contributed by atoms with Crippen molar-refractivity contribution in [1.29, 1.82) is 0 Å². The summed E-state index contributed by atoms with van der Waals surface area (Å²) in [7, 11) is 1.53. The zero-order chi connectivity index (χ0) is 11.9. The van der Waals surface area contributed by atoms with Gasteiger partial charge in [-0.25, -0.2) is 9.78 Å². The Morgan fingerprint density at radius 1 is 1.50 bits per heavy atom. The molecular formula is C9H11N5O2. The van der Waals surface area contributed by atoms with Gasteiger partial charge in [0.1, 0.15) is 5.39 Å². The van der Waals surface area contributed by atoms with Crippen LogP contribution >= 0.6 is 0 Å². The standard InChI is InChI=1S/C9H11N5O2/c1-4-3-11-7-5(6(4)13-10)8(15)12-9(16)14(7)2/h3H,10H2,1-2H3,(H,11,13)(H,12,15,16). The van der Waals surface area contributed by atoms with Gasteiger partial charge in [-0.15, -0.1) is 0 Å². The first-order chi connectivity index (χ1) is 7.56. The largest absolute Gasteiger partial charge is 0.329 e. The predicted molar refractivity (Wildman–Crippen MR) is 60.2 cm³/mol. The summed E-state index contributed by atoms with van der Waals surface area (Å²) in [6, 6.07) is 0. The maximum atomic E-state index is 11.7. The molecule has 7 nitrogen and oxygen atoms in total. The number of rotatable bonds is 1. The summed E-state index contributed by atoms with van der Waals surface area (Å²) in [6.45, 7) is 1.77. The SMILES string of the molecule is Cc1cnc2c(c1NN)c(=O)[nH]c(=O)n2C. The van der Waals surface area contributed by atoms with Crippen LogP contribution < -0.4 is 22.5 Å². The first-order valence-electron chi connectivity index (χ1n) is 4.61. The molecule has 84 valence electrons. The van der Waals surface area contributed by atoms with Crippen LogP contribution in [0.1, 0.15) is 5.56 Å². The maximum absolute atomic E-state index is 11.7. The third-order valence-electron chi connectivity index (χ3n) is 2.46. The fourth-order valence-electron chi connectivity index (χ4n) is 1.59. The highest BCUT2D eigenvalue weighted by molar-refractivity contribution is 5.89. The number of hydrazine groups is 1. The van der Waals surface area contributed by atoms with E-state index in [-0.39, 0.29) is 5.39 Å². The number of fused-ring (bicyclic) bond motifs is 1. The second kappa shape index (κ2) is 3.46. The van der Waals surface area contributed by atoms with Gasteiger partial charge >= 0.3 is 5.69 Å². The number of anilines is 1. The number of nitrogen functional groups attached to an aromatic ring is 1. The van der Waals surface area contributed by atoms with Crippen molar-refractivity contribution >= 4 is 16.7 Å². The minimum atomic E-state index is -0.503. The molecule has 0 saturated heterocycles. The molecule has 7 heteroatoms. The van der Waals surface area contributed by atoms with Crippen molar-refractivity contribution in [3.63, 3.8) is 0 Å². The van der Waals surface area contributed by atoms with Crippen molar-refractivity contribution in [2.45, 2.75) is 6.92 Å². The number of hydrogen-bond donors (Lipinski definition) is 3. The van der Waals surface area contributed by atoms with Crippen LogP contribution in [-0.4, -0.2) is 14.5 Å². The number of hydrogen-bond acceptors (Lipinski definition) is 5. The number of nitrogens with one attached hydrogen (secondary N) is 2. The molecule has 0 bridgehead atoms. The number of pyridine rings is 1. The molecule has 2 aromatic rings. The molecule has 2 heterocycles. The third kappa shape index (κ3) is 1.29. The summed E-state index contributed by atoms with van der Waals surface area (Å²) in [5, 5.41) is 0.282. The van der Waals surface area contributed by atoms with Crippen LogP contribution in [0.2, 0.25) is 0 Å². The van der Waals surface area contributed by atoms with Gasteiger partial charge in [0.25, 0.3) is 5.56 Å². The molecule has 0 spiro atoms. The number of aryl methyl sites for hydroxylation is 2. The fraction of sp³-hybridized carbons (Fsp3) is 0.222. The lowest BCUT2D eigenvalue weighted by Gasteiger charge is -2.09. The van der Waals surface area contributed by atoms with E-state index in [4.69, 9.17) is 5.84 Å². The van der Waals surface area contributed by atoms with Crippen LogP contribution in [0.4, 0.5) is 5.69 Å². The van der Waals surface area contributed by atoms with E-state index >= 15 is 0 Å². The molecule has 0 amide bonds. The Hall–Kier alpha value is -2.15. The lowest BCUT2D eigenvalue weighted by Crippen LogP contribution is -2.30.